The zero-order valence-electron chi connectivity index (χ0n) is 15.2. The zero-order valence-corrected chi connectivity index (χ0v) is 16.0. The molecule has 6 nitrogen and oxygen atoms in total. The van der Waals surface area contributed by atoms with Crippen LogP contribution in [0.3, 0.4) is 0 Å². The first kappa shape index (κ1) is 18.8. The number of anilines is 2. The molecule has 0 saturated carbocycles. The molecule has 1 aliphatic heterocycles. The molecule has 4 rings (SSSR count). The van der Waals surface area contributed by atoms with Crippen LogP contribution in [0, 0.1) is 0 Å². The van der Waals surface area contributed by atoms with E-state index in [9.17, 15) is 9.59 Å². The molecule has 0 saturated heterocycles. The summed E-state index contributed by atoms with van der Waals surface area (Å²) in [4.78, 5) is 24.5. The number of benzene rings is 3. The molecule has 2 amide bonds. The number of rotatable bonds is 5. The average molecular weight is 409 g/mol. The number of halogens is 1. The van der Waals surface area contributed by atoms with Crippen LogP contribution in [-0.4, -0.2) is 17.9 Å². The van der Waals surface area contributed by atoms with E-state index in [1.165, 1.54) is 0 Å². The van der Waals surface area contributed by atoms with E-state index in [4.69, 9.17) is 21.1 Å². The lowest BCUT2D eigenvalue weighted by atomic mass is 10.1. The fourth-order valence-corrected chi connectivity index (χ4v) is 3.04. The normalized spacial score (nSPS) is 14.9. The molecule has 0 fully saturated rings. The quantitative estimate of drug-likeness (QED) is 0.632. The van der Waals surface area contributed by atoms with Gasteiger partial charge in [0.2, 0.25) is 5.91 Å². The lowest BCUT2D eigenvalue weighted by Crippen LogP contribution is -2.39. The Morgan fingerprint density at radius 3 is 2.55 bits per heavy atom. The lowest BCUT2D eigenvalue weighted by molar-refractivity contribution is -0.128. The molecular weight excluding hydrogens is 392 g/mol. The van der Waals surface area contributed by atoms with Gasteiger partial charge in [0.15, 0.2) is 6.10 Å². The fourth-order valence-electron chi connectivity index (χ4n) is 2.87. The van der Waals surface area contributed by atoms with Crippen molar-refractivity contribution in [2.45, 2.75) is 12.5 Å². The molecular formula is C22H17ClN2O4. The predicted octanol–water partition coefficient (Wildman–Crippen LogP) is 4.86. The van der Waals surface area contributed by atoms with Crippen molar-refractivity contribution < 1.29 is 19.1 Å². The first-order valence-electron chi connectivity index (χ1n) is 8.97. The molecule has 0 bridgehead atoms. The largest absolute Gasteiger partial charge is 0.478 e. The topological polar surface area (TPSA) is 76.7 Å². The Labute approximate surface area is 172 Å². The van der Waals surface area contributed by atoms with Gasteiger partial charge in [-0.2, -0.15) is 0 Å². The number of hydrogen-bond acceptors (Lipinski definition) is 4. The second-order valence-corrected chi connectivity index (χ2v) is 6.81. The maximum Gasteiger partial charge on any atom is 0.266 e. The molecule has 0 spiro atoms. The number of para-hydroxylation sites is 3. The van der Waals surface area contributed by atoms with Gasteiger partial charge in [-0.15, -0.1) is 0 Å². The summed E-state index contributed by atoms with van der Waals surface area (Å²) >= 11 is 6.08. The van der Waals surface area contributed by atoms with Crippen molar-refractivity contribution in [3.8, 4) is 17.2 Å². The van der Waals surface area contributed by atoms with Gasteiger partial charge in [0.05, 0.1) is 17.1 Å². The summed E-state index contributed by atoms with van der Waals surface area (Å²) < 4.78 is 11.4. The summed E-state index contributed by atoms with van der Waals surface area (Å²) in [7, 11) is 0. The van der Waals surface area contributed by atoms with Crippen LogP contribution >= 0.6 is 11.6 Å². The Morgan fingerprint density at radius 1 is 1.03 bits per heavy atom. The molecule has 0 aliphatic carbocycles. The summed E-state index contributed by atoms with van der Waals surface area (Å²) in [5.41, 5.74) is 1.18. The second kappa shape index (κ2) is 8.24. The summed E-state index contributed by atoms with van der Waals surface area (Å²) in [6.07, 6.45) is -0.981. The van der Waals surface area contributed by atoms with Gasteiger partial charge in [-0.05, 0) is 48.5 Å². The van der Waals surface area contributed by atoms with Gasteiger partial charge in [0.1, 0.15) is 17.2 Å². The Kier molecular flexibility index (Phi) is 5.35. The van der Waals surface area contributed by atoms with Gasteiger partial charge in [-0.3, -0.25) is 9.59 Å². The maximum absolute atomic E-state index is 12.3. The Bertz CT molecular complexity index is 1050. The van der Waals surface area contributed by atoms with E-state index in [0.29, 0.717) is 33.6 Å². The Hall–Kier alpha value is -3.51. The summed E-state index contributed by atoms with van der Waals surface area (Å²) in [5.74, 6) is 1.01. The monoisotopic (exact) mass is 408 g/mol. The first-order chi connectivity index (χ1) is 14.1. The van der Waals surface area contributed by atoms with E-state index in [1.54, 1.807) is 60.7 Å². The van der Waals surface area contributed by atoms with Crippen LogP contribution in [0.25, 0.3) is 0 Å². The maximum atomic E-state index is 12.3. The molecule has 2 N–H and O–H groups in total. The molecule has 0 radical (unpaired) electrons. The molecule has 146 valence electrons. The van der Waals surface area contributed by atoms with E-state index >= 15 is 0 Å². The second-order valence-electron chi connectivity index (χ2n) is 6.40. The van der Waals surface area contributed by atoms with Crippen molar-refractivity contribution in [2.75, 3.05) is 10.6 Å². The zero-order chi connectivity index (χ0) is 20.2. The minimum Gasteiger partial charge on any atom is -0.478 e. The average Bonchev–Trinajstić information content (AvgIpc) is 2.72. The number of fused-ring (bicyclic) bond motifs is 1. The summed E-state index contributed by atoms with van der Waals surface area (Å²) in [6, 6.07) is 21.1. The Balaban J connectivity index is 1.35. The van der Waals surface area contributed by atoms with Crippen LogP contribution in [-0.2, 0) is 9.59 Å². The molecule has 1 unspecified atom stereocenters. The highest BCUT2D eigenvalue weighted by molar-refractivity contribution is 6.32. The third-order valence-electron chi connectivity index (χ3n) is 4.28. The van der Waals surface area contributed by atoms with Crippen molar-refractivity contribution in [1.29, 1.82) is 0 Å². The third kappa shape index (κ3) is 4.50. The summed E-state index contributed by atoms with van der Waals surface area (Å²) in [6.45, 7) is 0. The van der Waals surface area contributed by atoms with Crippen LogP contribution in [0.5, 0.6) is 17.2 Å². The van der Waals surface area contributed by atoms with Crippen molar-refractivity contribution in [2.24, 2.45) is 0 Å². The highest BCUT2D eigenvalue weighted by Gasteiger charge is 2.29. The molecule has 7 heteroatoms. The predicted molar refractivity (Wildman–Crippen MR) is 111 cm³/mol. The number of nitrogens with one attached hydrogen (secondary N) is 2. The van der Waals surface area contributed by atoms with Crippen LogP contribution in [0.4, 0.5) is 11.4 Å². The van der Waals surface area contributed by atoms with E-state index in [-0.39, 0.29) is 18.2 Å². The number of carbonyl (C=O) groups is 2. The molecule has 0 aromatic heterocycles. The molecule has 29 heavy (non-hydrogen) atoms. The van der Waals surface area contributed by atoms with Crippen LogP contribution < -0.4 is 20.1 Å². The third-order valence-corrected chi connectivity index (χ3v) is 4.59. The van der Waals surface area contributed by atoms with Gasteiger partial charge in [-0.1, -0.05) is 35.9 Å². The smallest absolute Gasteiger partial charge is 0.266 e. The standard InChI is InChI=1S/C22H17ClN2O4/c23-16-5-1-3-7-18(16)28-15-11-9-14(10-12-15)24-21(26)13-20-22(27)25-17-6-2-4-8-19(17)29-20/h1-12,20H,13H2,(H,24,26)(H,25,27). The molecule has 1 atom stereocenters. The van der Waals surface area contributed by atoms with Crippen molar-refractivity contribution in [1.82, 2.24) is 0 Å². The van der Waals surface area contributed by atoms with Crippen molar-refractivity contribution >= 4 is 34.8 Å². The van der Waals surface area contributed by atoms with E-state index in [0.717, 1.165) is 0 Å². The number of carbonyl (C=O) groups excluding carboxylic acids is 2. The van der Waals surface area contributed by atoms with E-state index < -0.39 is 6.10 Å². The molecule has 3 aromatic rings. The van der Waals surface area contributed by atoms with Gasteiger partial charge in [0.25, 0.3) is 5.91 Å². The van der Waals surface area contributed by atoms with E-state index in [1.807, 2.05) is 12.1 Å². The number of hydrogen-bond donors (Lipinski definition) is 2. The minimum absolute atomic E-state index is 0.0992. The van der Waals surface area contributed by atoms with Crippen molar-refractivity contribution in [3.05, 3.63) is 77.8 Å². The number of ether oxygens (including phenoxy) is 2. The van der Waals surface area contributed by atoms with Gasteiger partial charge in [-0.25, -0.2) is 0 Å². The lowest BCUT2D eigenvalue weighted by Gasteiger charge is -2.25. The molecule has 3 aromatic carbocycles. The van der Waals surface area contributed by atoms with E-state index in [2.05, 4.69) is 10.6 Å². The molecule has 1 heterocycles. The van der Waals surface area contributed by atoms with Gasteiger partial charge in [0, 0.05) is 5.69 Å². The van der Waals surface area contributed by atoms with Crippen LogP contribution in [0.15, 0.2) is 72.8 Å². The fraction of sp³-hybridized carbons (Fsp3) is 0.0909. The number of amides is 2. The Morgan fingerprint density at radius 2 is 1.76 bits per heavy atom. The minimum atomic E-state index is -0.882. The summed E-state index contributed by atoms with van der Waals surface area (Å²) in [5, 5.41) is 6.01. The first-order valence-corrected chi connectivity index (χ1v) is 9.35. The van der Waals surface area contributed by atoms with Crippen LogP contribution in [0.2, 0.25) is 5.02 Å². The van der Waals surface area contributed by atoms with Crippen LogP contribution in [0.1, 0.15) is 6.42 Å². The highest BCUT2D eigenvalue weighted by Crippen LogP contribution is 2.31. The van der Waals surface area contributed by atoms with Gasteiger partial charge >= 0.3 is 0 Å². The SMILES string of the molecule is O=C(CC1Oc2ccccc2NC1=O)Nc1ccc(Oc2ccccc2Cl)cc1. The molecule has 1 aliphatic rings. The van der Waals surface area contributed by atoms with Crippen molar-refractivity contribution in [3.63, 3.8) is 0 Å². The van der Waals surface area contributed by atoms with Gasteiger partial charge < -0.3 is 20.1 Å². The highest BCUT2D eigenvalue weighted by atomic mass is 35.5.